The third-order valence-corrected chi connectivity index (χ3v) is 3.20. The van der Waals surface area contributed by atoms with Crippen molar-refractivity contribution in [1.29, 1.82) is 0 Å². The Bertz CT molecular complexity index is 582. The van der Waals surface area contributed by atoms with E-state index in [0.717, 1.165) is 11.3 Å². The van der Waals surface area contributed by atoms with Gasteiger partial charge in [-0.3, -0.25) is 0 Å². The molecule has 0 spiro atoms. The van der Waals surface area contributed by atoms with E-state index >= 15 is 0 Å². The minimum Gasteiger partial charge on any atom is -0.497 e. The van der Waals surface area contributed by atoms with Gasteiger partial charge in [0.1, 0.15) is 17.3 Å². The molecule has 0 aromatic heterocycles. The molecule has 0 fully saturated rings. The Balaban J connectivity index is 2.13. The molecule has 0 unspecified atom stereocenters. The highest BCUT2D eigenvalue weighted by molar-refractivity contribution is 6.31. The summed E-state index contributed by atoms with van der Waals surface area (Å²) in [7, 11) is 3.19. The summed E-state index contributed by atoms with van der Waals surface area (Å²) in [5.41, 5.74) is 1.65. The minimum absolute atomic E-state index is 0.346. The number of nitrogens with one attached hydrogen (secondary N) is 1. The summed E-state index contributed by atoms with van der Waals surface area (Å²) in [5, 5.41) is 3.60. The normalized spacial score (nSPS) is 10.2. The fourth-order valence-electron chi connectivity index (χ4n) is 1.77. The van der Waals surface area contributed by atoms with Gasteiger partial charge < -0.3 is 14.8 Å². The maximum absolute atomic E-state index is 13.0. The first-order chi connectivity index (χ1) is 9.62. The van der Waals surface area contributed by atoms with Gasteiger partial charge in [0.05, 0.1) is 14.2 Å². The molecule has 2 aromatic rings. The zero-order valence-corrected chi connectivity index (χ0v) is 12.0. The van der Waals surface area contributed by atoms with Crippen LogP contribution in [-0.4, -0.2) is 14.2 Å². The van der Waals surface area contributed by atoms with E-state index in [1.807, 2.05) is 12.1 Å². The van der Waals surface area contributed by atoms with Gasteiger partial charge in [0.2, 0.25) is 0 Å². The fourth-order valence-corrected chi connectivity index (χ4v) is 2.01. The highest BCUT2D eigenvalue weighted by atomic mass is 35.5. The largest absolute Gasteiger partial charge is 0.497 e. The molecule has 0 saturated carbocycles. The zero-order valence-electron chi connectivity index (χ0n) is 11.2. The van der Waals surface area contributed by atoms with Gasteiger partial charge in [0.25, 0.3) is 0 Å². The van der Waals surface area contributed by atoms with Crippen molar-refractivity contribution in [3.05, 3.63) is 52.8 Å². The summed E-state index contributed by atoms with van der Waals surface area (Å²) in [6, 6.07) is 9.82. The average Bonchev–Trinajstić information content (AvgIpc) is 2.46. The van der Waals surface area contributed by atoms with Crippen molar-refractivity contribution in [3.63, 3.8) is 0 Å². The monoisotopic (exact) mass is 295 g/mol. The quantitative estimate of drug-likeness (QED) is 0.900. The van der Waals surface area contributed by atoms with Crippen LogP contribution in [0.3, 0.4) is 0 Å². The standard InChI is InChI=1S/C15H15ClFNO2/c1-19-13-6-12(7-14(8-13)20-2)18-9-10-3-4-11(17)5-15(10)16/h3-8,18H,9H2,1-2H3. The molecule has 3 nitrogen and oxygen atoms in total. The number of anilines is 1. The van der Waals surface area contributed by atoms with Crippen LogP contribution in [0.1, 0.15) is 5.56 Å². The SMILES string of the molecule is COc1cc(NCc2ccc(F)cc2Cl)cc(OC)c1. The second kappa shape index (κ2) is 6.48. The van der Waals surface area contributed by atoms with Crippen molar-refractivity contribution >= 4 is 17.3 Å². The van der Waals surface area contributed by atoms with E-state index in [0.29, 0.717) is 23.1 Å². The molecule has 20 heavy (non-hydrogen) atoms. The molecule has 1 N–H and O–H groups in total. The van der Waals surface area contributed by atoms with E-state index in [-0.39, 0.29) is 5.82 Å². The summed E-state index contributed by atoms with van der Waals surface area (Å²) >= 11 is 5.98. The van der Waals surface area contributed by atoms with Gasteiger partial charge in [-0.15, -0.1) is 0 Å². The lowest BCUT2D eigenvalue weighted by molar-refractivity contribution is 0.394. The first-order valence-electron chi connectivity index (χ1n) is 6.03. The van der Waals surface area contributed by atoms with Crippen molar-refractivity contribution in [2.24, 2.45) is 0 Å². The summed E-state index contributed by atoms with van der Waals surface area (Å²) in [6.07, 6.45) is 0. The molecule has 2 rings (SSSR count). The fraction of sp³-hybridized carbons (Fsp3) is 0.200. The number of methoxy groups -OCH3 is 2. The zero-order chi connectivity index (χ0) is 14.5. The van der Waals surface area contributed by atoms with Crippen molar-refractivity contribution in [1.82, 2.24) is 0 Å². The van der Waals surface area contributed by atoms with Crippen molar-refractivity contribution in [2.75, 3.05) is 19.5 Å². The Morgan fingerprint density at radius 2 is 1.70 bits per heavy atom. The van der Waals surface area contributed by atoms with Crippen LogP contribution < -0.4 is 14.8 Å². The predicted molar refractivity (Wildman–Crippen MR) is 78.3 cm³/mol. The second-order valence-corrected chi connectivity index (χ2v) is 4.60. The highest BCUT2D eigenvalue weighted by Crippen LogP contribution is 2.26. The van der Waals surface area contributed by atoms with Gasteiger partial charge in [0.15, 0.2) is 0 Å². The number of halogens is 2. The van der Waals surface area contributed by atoms with Crippen molar-refractivity contribution in [3.8, 4) is 11.5 Å². The van der Waals surface area contributed by atoms with Crippen LogP contribution in [-0.2, 0) is 6.54 Å². The van der Waals surface area contributed by atoms with Gasteiger partial charge in [0, 0.05) is 35.5 Å². The smallest absolute Gasteiger partial charge is 0.124 e. The summed E-state index contributed by atoms with van der Waals surface area (Å²) in [4.78, 5) is 0. The van der Waals surface area contributed by atoms with E-state index in [1.165, 1.54) is 12.1 Å². The van der Waals surface area contributed by atoms with Crippen molar-refractivity contribution in [2.45, 2.75) is 6.54 Å². The maximum Gasteiger partial charge on any atom is 0.124 e. The van der Waals surface area contributed by atoms with Gasteiger partial charge in [-0.05, 0) is 17.7 Å². The molecule has 0 amide bonds. The van der Waals surface area contributed by atoms with Crippen LogP contribution in [0.5, 0.6) is 11.5 Å². The first-order valence-corrected chi connectivity index (χ1v) is 6.41. The van der Waals surface area contributed by atoms with E-state index in [9.17, 15) is 4.39 Å². The summed E-state index contributed by atoms with van der Waals surface area (Å²) < 4.78 is 23.4. The highest BCUT2D eigenvalue weighted by Gasteiger charge is 2.04. The number of ether oxygens (including phenoxy) is 2. The van der Waals surface area contributed by atoms with Gasteiger partial charge in [-0.2, -0.15) is 0 Å². The lowest BCUT2D eigenvalue weighted by atomic mass is 10.2. The van der Waals surface area contributed by atoms with Gasteiger partial charge in [-0.25, -0.2) is 4.39 Å². The minimum atomic E-state index is -0.346. The lowest BCUT2D eigenvalue weighted by Gasteiger charge is -2.11. The van der Waals surface area contributed by atoms with Crippen molar-refractivity contribution < 1.29 is 13.9 Å². The van der Waals surface area contributed by atoms with Crippen LogP contribution in [0, 0.1) is 5.82 Å². The number of hydrogen-bond acceptors (Lipinski definition) is 3. The molecule has 0 bridgehead atoms. The molecule has 0 aliphatic rings. The summed E-state index contributed by atoms with van der Waals surface area (Å²) in [6.45, 7) is 0.482. The number of benzene rings is 2. The Kier molecular flexibility index (Phi) is 4.69. The van der Waals surface area contributed by atoms with E-state index in [1.54, 1.807) is 26.4 Å². The van der Waals surface area contributed by atoms with E-state index in [2.05, 4.69) is 5.32 Å². The number of rotatable bonds is 5. The van der Waals surface area contributed by atoms with Crippen LogP contribution in [0.4, 0.5) is 10.1 Å². The molecule has 0 radical (unpaired) electrons. The molecule has 0 saturated heterocycles. The predicted octanol–water partition coefficient (Wildman–Crippen LogP) is 4.11. The molecule has 106 valence electrons. The summed E-state index contributed by atoms with van der Waals surface area (Å²) in [5.74, 6) is 1.04. The third-order valence-electron chi connectivity index (χ3n) is 2.85. The third kappa shape index (κ3) is 3.54. The Labute approximate surface area is 122 Å². The van der Waals surface area contributed by atoms with Gasteiger partial charge in [-0.1, -0.05) is 17.7 Å². The van der Waals surface area contributed by atoms with Crippen LogP contribution in [0.25, 0.3) is 0 Å². The Morgan fingerprint density at radius 3 is 2.25 bits per heavy atom. The van der Waals surface area contributed by atoms with Crippen LogP contribution in [0.2, 0.25) is 5.02 Å². The molecule has 0 aliphatic carbocycles. The molecular weight excluding hydrogens is 281 g/mol. The van der Waals surface area contributed by atoms with E-state index in [4.69, 9.17) is 21.1 Å². The molecule has 0 heterocycles. The van der Waals surface area contributed by atoms with Crippen LogP contribution in [0.15, 0.2) is 36.4 Å². The molecule has 5 heteroatoms. The molecular formula is C15H15ClFNO2. The molecule has 2 aromatic carbocycles. The number of hydrogen-bond donors (Lipinski definition) is 1. The Morgan fingerprint density at radius 1 is 1.05 bits per heavy atom. The topological polar surface area (TPSA) is 30.5 Å². The van der Waals surface area contributed by atoms with Crippen LogP contribution >= 0.6 is 11.6 Å². The molecule has 0 atom stereocenters. The molecule has 0 aliphatic heterocycles. The van der Waals surface area contributed by atoms with E-state index < -0.39 is 0 Å². The maximum atomic E-state index is 13.0. The lowest BCUT2D eigenvalue weighted by Crippen LogP contribution is -2.01. The average molecular weight is 296 g/mol. The Hall–Kier alpha value is -1.94. The first kappa shape index (κ1) is 14.5. The second-order valence-electron chi connectivity index (χ2n) is 4.19. The van der Waals surface area contributed by atoms with Gasteiger partial charge >= 0.3 is 0 Å².